The van der Waals surface area contributed by atoms with E-state index in [2.05, 4.69) is 9.71 Å². The van der Waals surface area contributed by atoms with Gasteiger partial charge in [0.05, 0.1) is 11.9 Å². The molecule has 1 heterocycles. The Bertz CT molecular complexity index is 861. The molecule has 1 amide bonds. The van der Waals surface area contributed by atoms with E-state index < -0.39 is 15.9 Å². The third-order valence-corrected chi connectivity index (χ3v) is 5.55. The van der Waals surface area contributed by atoms with Crippen molar-refractivity contribution in [3.8, 4) is 5.75 Å². The molecule has 1 aliphatic rings. The average molecular weight is 395 g/mol. The Hall–Kier alpha value is -2.12. The summed E-state index contributed by atoms with van der Waals surface area (Å²) in [6, 6.07) is 9.52. The maximum atomic E-state index is 12.2. The van der Waals surface area contributed by atoms with Gasteiger partial charge < -0.3 is 4.74 Å². The van der Waals surface area contributed by atoms with E-state index in [1.807, 2.05) is 0 Å². The zero-order valence-corrected chi connectivity index (χ0v) is 15.6. The van der Waals surface area contributed by atoms with Crippen LogP contribution in [-0.2, 0) is 15.8 Å². The minimum atomic E-state index is -3.84. The first-order chi connectivity index (χ1) is 12.4. The predicted octanol–water partition coefficient (Wildman–Crippen LogP) is 3.32. The van der Waals surface area contributed by atoms with Gasteiger partial charge in [0.2, 0.25) is 10.0 Å². The molecule has 26 heavy (non-hydrogen) atoms. The monoisotopic (exact) mass is 394 g/mol. The Labute approximate surface area is 157 Å². The molecule has 1 fully saturated rings. The Balaban J connectivity index is 1.60. The smallest absolute Gasteiger partial charge is 0.264 e. The summed E-state index contributed by atoms with van der Waals surface area (Å²) in [7, 11) is -3.84. The zero-order valence-electron chi connectivity index (χ0n) is 14.0. The topological polar surface area (TPSA) is 85.4 Å². The molecule has 1 aromatic heterocycles. The van der Waals surface area contributed by atoms with Crippen molar-refractivity contribution in [3.05, 3.63) is 58.9 Å². The number of nitrogens with one attached hydrogen (secondary N) is 1. The number of pyridine rings is 1. The molecule has 1 saturated carbocycles. The summed E-state index contributed by atoms with van der Waals surface area (Å²) in [5, 5.41) is 0.273. The van der Waals surface area contributed by atoms with Crippen molar-refractivity contribution in [2.45, 2.75) is 37.5 Å². The minimum absolute atomic E-state index is 0.225. The lowest BCUT2D eigenvalue weighted by atomic mass is 10.2. The highest BCUT2D eigenvalue weighted by Gasteiger charge is 2.19. The van der Waals surface area contributed by atoms with E-state index in [1.165, 1.54) is 25.1 Å². The first-order valence-electron chi connectivity index (χ1n) is 8.33. The van der Waals surface area contributed by atoms with Crippen LogP contribution in [0.3, 0.4) is 0 Å². The van der Waals surface area contributed by atoms with Gasteiger partial charge in [0, 0.05) is 11.8 Å². The van der Waals surface area contributed by atoms with Crippen LogP contribution in [0.15, 0.2) is 42.6 Å². The molecule has 6 nitrogen and oxygen atoms in total. The largest absolute Gasteiger partial charge is 0.490 e. The molecular weight excluding hydrogens is 376 g/mol. The van der Waals surface area contributed by atoms with Crippen LogP contribution in [0.5, 0.6) is 5.75 Å². The molecule has 0 bridgehead atoms. The van der Waals surface area contributed by atoms with Gasteiger partial charge in [-0.3, -0.25) is 4.79 Å². The standard InChI is InChI=1S/C18H19ClN2O4S/c19-17-10-5-13(11-20-17)12-26(23,24)21-18(22)14-6-8-16(9-7-14)25-15-3-1-2-4-15/h5-11,15H,1-4,12H2,(H,21,22). The minimum Gasteiger partial charge on any atom is -0.490 e. The summed E-state index contributed by atoms with van der Waals surface area (Å²) in [6.45, 7) is 0. The van der Waals surface area contributed by atoms with Crippen LogP contribution in [0.4, 0.5) is 0 Å². The number of rotatable bonds is 6. The number of sulfonamides is 1. The van der Waals surface area contributed by atoms with Gasteiger partial charge in [-0.05, 0) is 61.6 Å². The number of ether oxygens (including phenoxy) is 1. The maximum absolute atomic E-state index is 12.2. The number of halogens is 1. The van der Waals surface area contributed by atoms with E-state index in [0.29, 0.717) is 11.3 Å². The lowest BCUT2D eigenvalue weighted by Gasteiger charge is -2.13. The first kappa shape index (κ1) is 18.7. The van der Waals surface area contributed by atoms with Crippen LogP contribution < -0.4 is 9.46 Å². The second-order valence-corrected chi connectivity index (χ2v) is 8.34. The van der Waals surface area contributed by atoms with Crippen molar-refractivity contribution < 1.29 is 17.9 Å². The Morgan fingerprint density at radius 1 is 1.15 bits per heavy atom. The molecule has 0 unspecified atom stereocenters. The highest BCUT2D eigenvalue weighted by atomic mass is 35.5. The number of aromatic nitrogens is 1. The summed E-state index contributed by atoms with van der Waals surface area (Å²) < 4.78 is 32.2. The lowest BCUT2D eigenvalue weighted by Crippen LogP contribution is -2.31. The maximum Gasteiger partial charge on any atom is 0.264 e. The highest BCUT2D eigenvalue weighted by molar-refractivity contribution is 7.89. The average Bonchev–Trinajstić information content (AvgIpc) is 3.10. The molecule has 138 valence electrons. The van der Waals surface area contributed by atoms with Gasteiger partial charge in [-0.25, -0.2) is 18.1 Å². The Kier molecular flexibility index (Phi) is 5.78. The molecule has 3 rings (SSSR count). The normalized spacial score (nSPS) is 15.0. The summed E-state index contributed by atoms with van der Waals surface area (Å²) in [5.74, 6) is -0.353. The second-order valence-electron chi connectivity index (χ2n) is 6.23. The first-order valence-corrected chi connectivity index (χ1v) is 10.4. The van der Waals surface area contributed by atoms with Crippen LogP contribution in [-0.4, -0.2) is 25.4 Å². The molecule has 1 aliphatic carbocycles. The number of hydrogen-bond donors (Lipinski definition) is 1. The van der Waals surface area contributed by atoms with Crippen molar-refractivity contribution in [2.24, 2.45) is 0 Å². The second kappa shape index (κ2) is 8.05. The number of carbonyl (C=O) groups is 1. The quantitative estimate of drug-likeness (QED) is 0.759. The van der Waals surface area contributed by atoms with Gasteiger partial charge in [-0.1, -0.05) is 17.7 Å². The zero-order chi connectivity index (χ0) is 18.6. The number of carbonyl (C=O) groups excluding carboxylic acids is 1. The van der Waals surface area contributed by atoms with Crippen LogP contribution in [0.25, 0.3) is 0 Å². The van der Waals surface area contributed by atoms with E-state index in [-0.39, 0.29) is 22.6 Å². The Morgan fingerprint density at radius 2 is 1.85 bits per heavy atom. The van der Waals surface area contributed by atoms with Crippen molar-refractivity contribution >= 4 is 27.5 Å². The van der Waals surface area contributed by atoms with E-state index in [4.69, 9.17) is 16.3 Å². The predicted molar refractivity (Wildman–Crippen MR) is 98.7 cm³/mol. The van der Waals surface area contributed by atoms with Crippen LogP contribution in [0, 0.1) is 0 Å². The fraction of sp³-hybridized carbons (Fsp3) is 0.333. The highest BCUT2D eigenvalue weighted by Crippen LogP contribution is 2.24. The van der Waals surface area contributed by atoms with Crippen LogP contribution >= 0.6 is 11.6 Å². The summed E-state index contributed by atoms with van der Waals surface area (Å²) >= 11 is 5.67. The third-order valence-electron chi connectivity index (χ3n) is 4.11. The van der Waals surface area contributed by atoms with Gasteiger partial charge in [0.25, 0.3) is 5.91 Å². The van der Waals surface area contributed by atoms with E-state index in [1.54, 1.807) is 30.3 Å². The van der Waals surface area contributed by atoms with E-state index >= 15 is 0 Å². The van der Waals surface area contributed by atoms with E-state index in [9.17, 15) is 13.2 Å². The fourth-order valence-electron chi connectivity index (χ4n) is 2.83. The fourth-order valence-corrected chi connectivity index (χ4v) is 4.02. The van der Waals surface area contributed by atoms with Gasteiger partial charge in [0.15, 0.2) is 0 Å². The molecule has 0 atom stereocenters. The summed E-state index contributed by atoms with van der Waals surface area (Å²) in [6.07, 6.45) is 6.02. The summed E-state index contributed by atoms with van der Waals surface area (Å²) in [5.41, 5.74) is 0.691. The van der Waals surface area contributed by atoms with Gasteiger partial charge in [0.1, 0.15) is 10.9 Å². The van der Waals surface area contributed by atoms with Crippen LogP contribution in [0.2, 0.25) is 5.15 Å². The van der Waals surface area contributed by atoms with Crippen molar-refractivity contribution in [1.82, 2.24) is 9.71 Å². The number of amides is 1. The third kappa shape index (κ3) is 5.19. The van der Waals surface area contributed by atoms with Crippen LogP contribution in [0.1, 0.15) is 41.6 Å². The molecular formula is C18H19ClN2O4S. The Morgan fingerprint density at radius 3 is 2.46 bits per heavy atom. The number of nitrogens with zero attached hydrogens (tertiary/aromatic N) is 1. The molecule has 8 heteroatoms. The van der Waals surface area contributed by atoms with Gasteiger partial charge in [-0.15, -0.1) is 0 Å². The lowest BCUT2D eigenvalue weighted by molar-refractivity contribution is 0.0981. The van der Waals surface area contributed by atoms with Crippen molar-refractivity contribution in [1.29, 1.82) is 0 Å². The molecule has 0 radical (unpaired) electrons. The number of benzene rings is 1. The summed E-state index contributed by atoms with van der Waals surface area (Å²) in [4.78, 5) is 16.0. The van der Waals surface area contributed by atoms with Gasteiger partial charge >= 0.3 is 0 Å². The van der Waals surface area contributed by atoms with Gasteiger partial charge in [-0.2, -0.15) is 0 Å². The van der Waals surface area contributed by atoms with Crippen molar-refractivity contribution in [3.63, 3.8) is 0 Å². The van der Waals surface area contributed by atoms with E-state index in [0.717, 1.165) is 12.8 Å². The molecule has 2 aromatic rings. The molecule has 1 aromatic carbocycles. The molecule has 1 N–H and O–H groups in total. The number of hydrogen-bond acceptors (Lipinski definition) is 5. The van der Waals surface area contributed by atoms with Crippen molar-refractivity contribution in [2.75, 3.05) is 0 Å². The SMILES string of the molecule is O=C(NS(=O)(=O)Cc1ccc(Cl)nc1)c1ccc(OC2CCCC2)cc1. The molecule has 0 aliphatic heterocycles. The molecule has 0 spiro atoms. The molecule has 0 saturated heterocycles.